The summed E-state index contributed by atoms with van der Waals surface area (Å²) in [6, 6.07) is 4.72. The van der Waals surface area contributed by atoms with Gasteiger partial charge in [-0.3, -0.25) is 14.5 Å². The Balaban J connectivity index is 1.40. The minimum Gasteiger partial charge on any atom is -0.444 e. The van der Waals surface area contributed by atoms with Gasteiger partial charge < -0.3 is 19.9 Å². The van der Waals surface area contributed by atoms with Gasteiger partial charge in [-0.15, -0.1) is 0 Å². The van der Waals surface area contributed by atoms with Crippen molar-refractivity contribution >= 4 is 23.6 Å². The number of rotatable bonds is 5. The maximum absolute atomic E-state index is 14.2. The van der Waals surface area contributed by atoms with Crippen LogP contribution in [0.2, 0.25) is 0 Å². The second-order valence-electron chi connectivity index (χ2n) is 9.46. The molecule has 1 aromatic rings. The Morgan fingerprint density at radius 2 is 1.88 bits per heavy atom. The molecule has 3 rings (SSSR count). The van der Waals surface area contributed by atoms with Crippen molar-refractivity contribution in [1.82, 2.24) is 15.1 Å². The van der Waals surface area contributed by atoms with Crippen molar-refractivity contribution in [3.8, 4) is 0 Å². The van der Waals surface area contributed by atoms with Crippen LogP contribution in [0.3, 0.4) is 0 Å². The Morgan fingerprint density at radius 1 is 1.19 bits per heavy atom. The number of piperazine rings is 1. The highest BCUT2D eigenvalue weighted by Crippen LogP contribution is 2.28. The number of nitrogens with one attached hydrogen (secondary N) is 1. The molecule has 2 fully saturated rings. The number of hydrogen-bond donors (Lipinski definition) is 1. The van der Waals surface area contributed by atoms with E-state index in [-0.39, 0.29) is 36.6 Å². The van der Waals surface area contributed by atoms with Crippen LogP contribution < -0.4 is 10.2 Å². The quantitative estimate of drug-likeness (QED) is 0.747. The maximum atomic E-state index is 14.2. The second-order valence-corrected chi connectivity index (χ2v) is 9.46. The SMILES string of the molecule is Cc1ccc(N2CC(C(=O)NCCN3CCN(C(=O)OC(C)(C)C)CC3)CC2=O)c(F)c1. The summed E-state index contributed by atoms with van der Waals surface area (Å²) in [5, 5.41) is 2.89. The minimum atomic E-state index is -0.513. The molecule has 9 heteroatoms. The first-order valence-corrected chi connectivity index (χ1v) is 11.1. The highest BCUT2D eigenvalue weighted by molar-refractivity contribution is 6.00. The van der Waals surface area contributed by atoms with Crippen LogP contribution in [0.25, 0.3) is 0 Å². The standard InChI is InChI=1S/C23H33FN4O4/c1-16-5-6-19(18(24)13-16)28-15-17(14-20(28)29)21(30)25-7-8-26-9-11-27(12-10-26)22(31)32-23(2,3)4/h5-6,13,17H,7-12,14-15H2,1-4H3,(H,25,30). The lowest BCUT2D eigenvalue weighted by Crippen LogP contribution is -2.51. The molecule has 0 saturated carbocycles. The fourth-order valence-corrected chi connectivity index (χ4v) is 3.91. The number of nitrogens with zero attached hydrogens (tertiary/aromatic N) is 3. The first kappa shape index (κ1) is 24.0. The Kier molecular flexibility index (Phi) is 7.38. The van der Waals surface area contributed by atoms with Crippen molar-refractivity contribution in [3.63, 3.8) is 0 Å². The van der Waals surface area contributed by atoms with Crippen molar-refractivity contribution in [2.75, 3.05) is 50.7 Å². The molecule has 2 aliphatic rings. The van der Waals surface area contributed by atoms with E-state index in [4.69, 9.17) is 4.74 Å². The molecule has 2 aliphatic heterocycles. The zero-order chi connectivity index (χ0) is 23.5. The third-order valence-corrected chi connectivity index (χ3v) is 5.64. The van der Waals surface area contributed by atoms with Crippen LogP contribution in [-0.4, -0.2) is 79.1 Å². The number of carbonyl (C=O) groups is 3. The zero-order valence-corrected chi connectivity index (χ0v) is 19.3. The van der Waals surface area contributed by atoms with Gasteiger partial charge in [0.2, 0.25) is 11.8 Å². The van der Waals surface area contributed by atoms with Gasteiger partial charge in [-0.2, -0.15) is 0 Å². The van der Waals surface area contributed by atoms with Crippen molar-refractivity contribution in [2.45, 2.75) is 39.7 Å². The summed E-state index contributed by atoms with van der Waals surface area (Å²) < 4.78 is 19.6. The van der Waals surface area contributed by atoms with Crippen molar-refractivity contribution in [3.05, 3.63) is 29.6 Å². The van der Waals surface area contributed by atoms with Crippen LogP contribution in [0, 0.1) is 18.7 Å². The molecule has 8 nitrogen and oxygen atoms in total. The van der Waals surface area contributed by atoms with Crippen LogP contribution in [-0.2, 0) is 14.3 Å². The Hall–Kier alpha value is -2.68. The number of halogens is 1. The van der Waals surface area contributed by atoms with Crippen LogP contribution in [0.4, 0.5) is 14.9 Å². The van der Waals surface area contributed by atoms with Gasteiger partial charge >= 0.3 is 6.09 Å². The molecule has 1 unspecified atom stereocenters. The molecule has 32 heavy (non-hydrogen) atoms. The number of aryl methyl sites for hydroxylation is 1. The molecule has 1 atom stereocenters. The van der Waals surface area contributed by atoms with Gasteiger partial charge in [0.05, 0.1) is 11.6 Å². The van der Waals surface area contributed by atoms with E-state index in [1.807, 2.05) is 20.8 Å². The first-order chi connectivity index (χ1) is 15.0. The molecule has 1 aromatic carbocycles. The number of carbonyl (C=O) groups excluding carboxylic acids is 3. The molecule has 2 heterocycles. The summed E-state index contributed by atoms with van der Waals surface area (Å²) in [6.45, 7) is 11.2. The normalized spacial score (nSPS) is 19.9. The summed E-state index contributed by atoms with van der Waals surface area (Å²) >= 11 is 0. The van der Waals surface area contributed by atoms with Gasteiger partial charge in [0.25, 0.3) is 0 Å². The molecule has 1 N–H and O–H groups in total. The van der Waals surface area contributed by atoms with E-state index in [9.17, 15) is 18.8 Å². The van der Waals surface area contributed by atoms with E-state index >= 15 is 0 Å². The predicted molar refractivity (Wildman–Crippen MR) is 119 cm³/mol. The average molecular weight is 449 g/mol. The average Bonchev–Trinajstić information content (AvgIpc) is 3.08. The van der Waals surface area contributed by atoms with Gasteiger partial charge in [0.15, 0.2) is 0 Å². The molecular formula is C23H33FN4O4. The lowest BCUT2D eigenvalue weighted by atomic mass is 10.1. The molecule has 0 spiro atoms. The first-order valence-electron chi connectivity index (χ1n) is 11.1. The lowest BCUT2D eigenvalue weighted by Gasteiger charge is -2.35. The van der Waals surface area contributed by atoms with Gasteiger partial charge in [0.1, 0.15) is 11.4 Å². The molecule has 0 bridgehead atoms. The third-order valence-electron chi connectivity index (χ3n) is 5.64. The van der Waals surface area contributed by atoms with Gasteiger partial charge in [0, 0.05) is 52.2 Å². The van der Waals surface area contributed by atoms with Gasteiger partial charge in [-0.05, 0) is 45.4 Å². The summed E-state index contributed by atoms with van der Waals surface area (Å²) in [7, 11) is 0. The van der Waals surface area contributed by atoms with Crippen LogP contribution in [0.5, 0.6) is 0 Å². The predicted octanol–water partition coefficient (Wildman–Crippen LogP) is 2.16. The molecular weight excluding hydrogens is 415 g/mol. The monoisotopic (exact) mass is 448 g/mol. The van der Waals surface area contributed by atoms with E-state index in [0.717, 1.165) is 5.56 Å². The zero-order valence-electron chi connectivity index (χ0n) is 19.3. The number of anilines is 1. The largest absolute Gasteiger partial charge is 0.444 e. The smallest absolute Gasteiger partial charge is 0.410 e. The maximum Gasteiger partial charge on any atom is 0.410 e. The molecule has 3 amide bonds. The third kappa shape index (κ3) is 6.18. The molecule has 0 radical (unpaired) electrons. The lowest BCUT2D eigenvalue weighted by molar-refractivity contribution is -0.126. The van der Waals surface area contributed by atoms with Crippen molar-refractivity contribution in [2.24, 2.45) is 5.92 Å². The van der Waals surface area contributed by atoms with Crippen LogP contribution in [0.1, 0.15) is 32.8 Å². The van der Waals surface area contributed by atoms with Crippen molar-refractivity contribution < 1.29 is 23.5 Å². The summed E-state index contributed by atoms with van der Waals surface area (Å²) in [5.41, 5.74) is 0.485. The topological polar surface area (TPSA) is 82.2 Å². The fraction of sp³-hybridized carbons (Fsp3) is 0.609. The Labute approximate surface area is 188 Å². The minimum absolute atomic E-state index is 0.0771. The number of hydrogen-bond acceptors (Lipinski definition) is 5. The highest BCUT2D eigenvalue weighted by Gasteiger charge is 2.36. The van der Waals surface area contributed by atoms with E-state index in [1.165, 1.54) is 11.0 Å². The van der Waals surface area contributed by atoms with E-state index in [0.29, 0.717) is 39.3 Å². The van der Waals surface area contributed by atoms with E-state index in [2.05, 4.69) is 10.2 Å². The number of ether oxygens (including phenoxy) is 1. The number of amides is 3. The summed E-state index contributed by atoms with van der Waals surface area (Å²) in [5.74, 6) is -1.39. The van der Waals surface area contributed by atoms with E-state index in [1.54, 1.807) is 24.0 Å². The Morgan fingerprint density at radius 3 is 2.50 bits per heavy atom. The van der Waals surface area contributed by atoms with Crippen molar-refractivity contribution in [1.29, 1.82) is 0 Å². The Bertz CT molecular complexity index is 862. The summed E-state index contributed by atoms with van der Waals surface area (Å²) in [4.78, 5) is 42.3. The summed E-state index contributed by atoms with van der Waals surface area (Å²) in [6.07, 6.45) is -0.223. The second kappa shape index (κ2) is 9.85. The molecule has 176 valence electrons. The molecule has 0 aliphatic carbocycles. The molecule has 2 saturated heterocycles. The highest BCUT2D eigenvalue weighted by atomic mass is 19.1. The van der Waals surface area contributed by atoms with Gasteiger partial charge in [-0.25, -0.2) is 9.18 Å². The fourth-order valence-electron chi connectivity index (χ4n) is 3.91. The van der Waals surface area contributed by atoms with Gasteiger partial charge in [-0.1, -0.05) is 6.07 Å². The number of benzene rings is 1. The van der Waals surface area contributed by atoms with E-state index < -0.39 is 17.3 Å². The van der Waals surface area contributed by atoms with Crippen LogP contribution >= 0.6 is 0 Å². The molecule has 0 aromatic heterocycles. The van der Waals surface area contributed by atoms with Crippen LogP contribution in [0.15, 0.2) is 18.2 Å².